The van der Waals surface area contributed by atoms with Crippen molar-refractivity contribution in [1.29, 1.82) is 0 Å². The quantitative estimate of drug-likeness (QED) is 0.803. The van der Waals surface area contributed by atoms with Crippen LogP contribution in [0, 0.1) is 0 Å². The highest BCUT2D eigenvalue weighted by Gasteiger charge is 2.03. The summed E-state index contributed by atoms with van der Waals surface area (Å²) in [5.74, 6) is 0. The Bertz CT molecular complexity index is 495. The van der Waals surface area contributed by atoms with Crippen molar-refractivity contribution < 1.29 is 4.74 Å². The molecule has 0 saturated heterocycles. The van der Waals surface area contributed by atoms with Crippen LogP contribution in [-0.2, 0) is 17.8 Å². The molecule has 2 aromatic rings. The summed E-state index contributed by atoms with van der Waals surface area (Å²) in [5.41, 5.74) is 2.48. The predicted molar refractivity (Wildman–Crippen MR) is 80.6 cm³/mol. The number of methoxy groups -OCH3 is 1. The summed E-state index contributed by atoms with van der Waals surface area (Å²) in [6.07, 6.45) is 5.05. The summed E-state index contributed by atoms with van der Waals surface area (Å²) < 4.78 is 7.06. The molecule has 1 N–H and O–H groups in total. The lowest BCUT2D eigenvalue weighted by atomic mass is 10.2. The Hall–Kier alpha value is -1.65. The van der Waals surface area contributed by atoms with Gasteiger partial charge < -0.3 is 10.1 Å². The molecule has 0 amide bonds. The van der Waals surface area contributed by atoms with Gasteiger partial charge in [0.15, 0.2) is 0 Å². The number of rotatable bonds is 8. The molecule has 0 radical (unpaired) electrons. The van der Waals surface area contributed by atoms with E-state index >= 15 is 0 Å². The van der Waals surface area contributed by atoms with E-state index in [1.54, 1.807) is 7.11 Å². The third-order valence-corrected chi connectivity index (χ3v) is 3.28. The molecule has 0 aliphatic rings. The fourth-order valence-electron chi connectivity index (χ4n) is 2.04. The summed E-state index contributed by atoms with van der Waals surface area (Å²) >= 11 is 0. The third kappa shape index (κ3) is 4.79. The highest BCUT2D eigenvalue weighted by molar-refractivity contribution is 5.15. The molecule has 1 heterocycles. The van der Waals surface area contributed by atoms with Gasteiger partial charge in [0.25, 0.3) is 0 Å². The highest BCUT2D eigenvalue weighted by atomic mass is 16.5. The van der Waals surface area contributed by atoms with Crippen LogP contribution in [0.2, 0.25) is 0 Å². The van der Waals surface area contributed by atoms with Crippen LogP contribution >= 0.6 is 0 Å². The zero-order valence-corrected chi connectivity index (χ0v) is 12.2. The molecular formula is C16H23N3O. The smallest absolute Gasteiger partial charge is 0.0659 e. The van der Waals surface area contributed by atoms with Crippen molar-refractivity contribution in [3.8, 4) is 0 Å². The van der Waals surface area contributed by atoms with E-state index in [1.165, 1.54) is 11.1 Å². The third-order valence-electron chi connectivity index (χ3n) is 3.28. The predicted octanol–water partition coefficient (Wildman–Crippen LogP) is 2.45. The molecule has 1 aromatic heterocycles. The van der Waals surface area contributed by atoms with Crippen molar-refractivity contribution in [3.05, 3.63) is 53.9 Å². The molecule has 1 aromatic carbocycles. The summed E-state index contributed by atoms with van der Waals surface area (Å²) in [5, 5.41) is 7.88. The molecule has 0 saturated carbocycles. The van der Waals surface area contributed by atoms with Crippen LogP contribution in [0.4, 0.5) is 0 Å². The van der Waals surface area contributed by atoms with Crippen molar-refractivity contribution in [3.63, 3.8) is 0 Å². The minimum atomic E-state index is 0.451. The van der Waals surface area contributed by atoms with Crippen LogP contribution < -0.4 is 5.32 Å². The van der Waals surface area contributed by atoms with Gasteiger partial charge >= 0.3 is 0 Å². The Balaban J connectivity index is 1.80. The van der Waals surface area contributed by atoms with Gasteiger partial charge in [-0.15, -0.1) is 0 Å². The number of nitrogens with zero attached hydrogens (tertiary/aromatic N) is 2. The first kappa shape index (κ1) is 14.8. The van der Waals surface area contributed by atoms with Crippen LogP contribution in [-0.4, -0.2) is 29.5 Å². The molecule has 4 nitrogen and oxygen atoms in total. The summed E-state index contributed by atoms with van der Waals surface area (Å²) in [7, 11) is 1.74. The fourth-order valence-corrected chi connectivity index (χ4v) is 2.04. The highest BCUT2D eigenvalue weighted by Crippen LogP contribution is 2.04. The zero-order chi connectivity index (χ0) is 14.2. The van der Waals surface area contributed by atoms with Gasteiger partial charge in [-0.1, -0.05) is 30.3 Å². The molecule has 1 unspecified atom stereocenters. The summed E-state index contributed by atoms with van der Waals surface area (Å²) in [4.78, 5) is 0. The molecular weight excluding hydrogens is 250 g/mol. The number of aromatic nitrogens is 2. The molecule has 2 rings (SSSR count). The van der Waals surface area contributed by atoms with E-state index in [-0.39, 0.29) is 0 Å². The van der Waals surface area contributed by atoms with Gasteiger partial charge in [-0.3, -0.25) is 4.68 Å². The number of hydrogen-bond acceptors (Lipinski definition) is 3. The minimum Gasteiger partial charge on any atom is -0.385 e. The van der Waals surface area contributed by atoms with Gasteiger partial charge in [-0.05, 0) is 18.9 Å². The fraction of sp³-hybridized carbons (Fsp3) is 0.438. The van der Waals surface area contributed by atoms with E-state index in [1.807, 2.05) is 16.9 Å². The summed E-state index contributed by atoms with van der Waals surface area (Å²) in [6.45, 7) is 4.63. The second-order valence-corrected chi connectivity index (χ2v) is 5.10. The minimum absolute atomic E-state index is 0.451. The Kier molecular flexibility index (Phi) is 5.77. The molecule has 0 spiro atoms. The maximum Gasteiger partial charge on any atom is 0.0659 e. The Morgan fingerprint density at radius 2 is 2.05 bits per heavy atom. The van der Waals surface area contributed by atoms with Gasteiger partial charge in [0.1, 0.15) is 0 Å². The van der Waals surface area contributed by atoms with Gasteiger partial charge in [-0.2, -0.15) is 5.10 Å². The Morgan fingerprint density at radius 3 is 2.80 bits per heavy atom. The van der Waals surface area contributed by atoms with Crippen LogP contribution in [0.5, 0.6) is 0 Å². The van der Waals surface area contributed by atoms with Crippen LogP contribution in [0.25, 0.3) is 0 Å². The maximum absolute atomic E-state index is 5.08. The SMILES string of the molecule is COCCC(C)NCc1cnn(Cc2ccccc2)c1. The number of ether oxygens (including phenoxy) is 1. The van der Waals surface area contributed by atoms with Gasteiger partial charge in [0, 0.05) is 38.1 Å². The molecule has 1 atom stereocenters. The molecule has 0 bridgehead atoms. The van der Waals surface area contributed by atoms with Gasteiger partial charge in [0.05, 0.1) is 12.7 Å². The molecule has 108 valence electrons. The lowest BCUT2D eigenvalue weighted by molar-refractivity contribution is 0.184. The Labute approximate surface area is 120 Å². The number of benzene rings is 1. The van der Waals surface area contributed by atoms with E-state index in [0.717, 1.165) is 26.1 Å². The lowest BCUT2D eigenvalue weighted by Gasteiger charge is -2.11. The van der Waals surface area contributed by atoms with Crippen molar-refractivity contribution in [2.24, 2.45) is 0 Å². The number of hydrogen-bond donors (Lipinski definition) is 1. The monoisotopic (exact) mass is 273 g/mol. The second-order valence-electron chi connectivity index (χ2n) is 5.10. The average molecular weight is 273 g/mol. The van der Waals surface area contributed by atoms with E-state index in [0.29, 0.717) is 6.04 Å². The second kappa shape index (κ2) is 7.82. The lowest BCUT2D eigenvalue weighted by Crippen LogP contribution is -2.26. The van der Waals surface area contributed by atoms with Crippen LogP contribution in [0.3, 0.4) is 0 Å². The Morgan fingerprint density at radius 1 is 1.25 bits per heavy atom. The van der Waals surface area contributed by atoms with Crippen molar-refractivity contribution >= 4 is 0 Å². The van der Waals surface area contributed by atoms with Crippen molar-refractivity contribution in [2.75, 3.05) is 13.7 Å². The van der Waals surface area contributed by atoms with Crippen molar-refractivity contribution in [2.45, 2.75) is 32.5 Å². The average Bonchev–Trinajstić information content (AvgIpc) is 2.91. The van der Waals surface area contributed by atoms with E-state index < -0.39 is 0 Å². The van der Waals surface area contributed by atoms with Crippen LogP contribution in [0.15, 0.2) is 42.7 Å². The first-order valence-electron chi connectivity index (χ1n) is 7.05. The largest absolute Gasteiger partial charge is 0.385 e. The molecule has 0 aliphatic carbocycles. The first-order valence-corrected chi connectivity index (χ1v) is 7.05. The standard InChI is InChI=1S/C16H23N3O/c1-14(8-9-20-2)17-10-16-11-18-19(13-16)12-15-6-4-3-5-7-15/h3-7,11,13-14,17H,8-10,12H2,1-2H3. The first-order chi connectivity index (χ1) is 9.78. The van der Waals surface area contributed by atoms with Gasteiger partial charge in [0.2, 0.25) is 0 Å². The van der Waals surface area contributed by atoms with Crippen LogP contribution in [0.1, 0.15) is 24.5 Å². The maximum atomic E-state index is 5.08. The molecule has 0 fully saturated rings. The molecule has 0 aliphatic heterocycles. The topological polar surface area (TPSA) is 39.1 Å². The van der Waals surface area contributed by atoms with E-state index in [2.05, 4.69) is 47.8 Å². The van der Waals surface area contributed by atoms with E-state index in [9.17, 15) is 0 Å². The van der Waals surface area contributed by atoms with Gasteiger partial charge in [-0.25, -0.2) is 0 Å². The zero-order valence-electron chi connectivity index (χ0n) is 12.2. The van der Waals surface area contributed by atoms with Crippen molar-refractivity contribution in [1.82, 2.24) is 15.1 Å². The number of nitrogens with one attached hydrogen (secondary N) is 1. The normalized spacial score (nSPS) is 12.5. The van der Waals surface area contributed by atoms with E-state index in [4.69, 9.17) is 4.74 Å². The molecule has 20 heavy (non-hydrogen) atoms. The summed E-state index contributed by atoms with van der Waals surface area (Å²) in [6, 6.07) is 10.8. The molecule has 4 heteroatoms.